The van der Waals surface area contributed by atoms with Crippen LogP contribution in [0.25, 0.3) is 0 Å². The van der Waals surface area contributed by atoms with E-state index in [2.05, 4.69) is 31.3 Å². The summed E-state index contributed by atoms with van der Waals surface area (Å²) in [4.78, 5) is 12.0. The molecule has 0 bridgehead atoms. The van der Waals surface area contributed by atoms with Gasteiger partial charge in [0.2, 0.25) is 0 Å². The third-order valence-electron chi connectivity index (χ3n) is 3.36. The number of hydrogen-bond acceptors (Lipinski definition) is 3. The van der Waals surface area contributed by atoms with E-state index < -0.39 is 6.10 Å². The van der Waals surface area contributed by atoms with Gasteiger partial charge in [0.05, 0.1) is 0 Å². The molecule has 0 heterocycles. The van der Waals surface area contributed by atoms with E-state index in [0.29, 0.717) is 12.5 Å². The van der Waals surface area contributed by atoms with Crippen LogP contribution in [-0.2, 0) is 4.79 Å². The van der Waals surface area contributed by atoms with Crippen molar-refractivity contribution in [2.24, 2.45) is 5.73 Å². The van der Waals surface area contributed by atoms with Gasteiger partial charge in [0.15, 0.2) is 6.10 Å². The van der Waals surface area contributed by atoms with Crippen LogP contribution in [0.5, 0.6) is 5.75 Å². The Hall–Kier alpha value is -1.26. The fourth-order valence-electron chi connectivity index (χ4n) is 2.03. The highest BCUT2D eigenvalue weighted by atomic mass is 35.5. The Morgan fingerprint density at radius 2 is 1.91 bits per heavy atom. The van der Waals surface area contributed by atoms with E-state index >= 15 is 0 Å². The topological polar surface area (TPSA) is 64.3 Å². The zero-order valence-electron chi connectivity index (χ0n) is 14.2. The standard InChI is InChI=1S/C17H28N2O2.ClH/c1-11(2)15-7-6-12(3)10-16(15)21-14(5)17(20)19-9-8-13(4)18;/h6-7,10-11,13-14H,8-9,18H2,1-5H3,(H,19,20);1H. The molecule has 3 N–H and O–H groups in total. The number of hydrogen-bond donors (Lipinski definition) is 2. The number of benzene rings is 1. The highest BCUT2D eigenvalue weighted by Gasteiger charge is 2.17. The lowest BCUT2D eigenvalue weighted by Gasteiger charge is -2.19. The molecule has 0 saturated heterocycles. The highest BCUT2D eigenvalue weighted by molar-refractivity contribution is 5.85. The number of carbonyl (C=O) groups is 1. The number of ether oxygens (including phenoxy) is 1. The number of nitrogens with two attached hydrogens (primary N) is 1. The van der Waals surface area contributed by atoms with Crippen molar-refractivity contribution in [2.75, 3.05) is 6.54 Å². The summed E-state index contributed by atoms with van der Waals surface area (Å²) in [5, 5.41) is 2.85. The van der Waals surface area contributed by atoms with Crippen molar-refractivity contribution in [1.29, 1.82) is 0 Å². The van der Waals surface area contributed by atoms with E-state index in [1.165, 1.54) is 0 Å². The third kappa shape index (κ3) is 6.67. The van der Waals surface area contributed by atoms with Crippen molar-refractivity contribution in [3.05, 3.63) is 29.3 Å². The Bertz CT molecular complexity index is 476. The molecule has 22 heavy (non-hydrogen) atoms. The zero-order valence-corrected chi connectivity index (χ0v) is 15.0. The average molecular weight is 329 g/mol. The van der Waals surface area contributed by atoms with Crippen LogP contribution >= 0.6 is 12.4 Å². The normalized spacial score (nSPS) is 13.2. The molecule has 2 unspecified atom stereocenters. The Balaban J connectivity index is 0.00000441. The number of amides is 1. The largest absolute Gasteiger partial charge is 0.481 e. The van der Waals surface area contributed by atoms with Gasteiger partial charge in [0.1, 0.15) is 5.75 Å². The first-order valence-corrected chi connectivity index (χ1v) is 7.61. The van der Waals surface area contributed by atoms with Crippen molar-refractivity contribution in [2.45, 2.75) is 59.1 Å². The van der Waals surface area contributed by atoms with Crippen LogP contribution < -0.4 is 15.8 Å². The summed E-state index contributed by atoms with van der Waals surface area (Å²) < 4.78 is 5.86. The molecule has 2 atom stereocenters. The molecule has 0 fully saturated rings. The second-order valence-corrected chi connectivity index (χ2v) is 6.01. The molecule has 126 valence electrons. The molecular weight excluding hydrogens is 300 g/mol. The summed E-state index contributed by atoms with van der Waals surface area (Å²) in [5.74, 6) is 1.04. The molecule has 1 aromatic carbocycles. The van der Waals surface area contributed by atoms with Crippen LogP contribution in [0.2, 0.25) is 0 Å². The van der Waals surface area contributed by atoms with Gasteiger partial charge in [-0.15, -0.1) is 12.4 Å². The van der Waals surface area contributed by atoms with Gasteiger partial charge in [0.25, 0.3) is 5.91 Å². The van der Waals surface area contributed by atoms with Crippen molar-refractivity contribution < 1.29 is 9.53 Å². The van der Waals surface area contributed by atoms with Crippen LogP contribution in [0.15, 0.2) is 18.2 Å². The van der Waals surface area contributed by atoms with Crippen LogP contribution in [-0.4, -0.2) is 24.6 Å². The number of carbonyl (C=O) groups excluding carboxylic acids is 1. The fourth-order valence-corrected chi connectivity index (χ4v) is 2.03. The number of nitrogens with one attached hydrogen (secondary N) is 1. The second-order valence-electron chi connectivity index (χ2n) is 6.01. The van der Waals surface area contributed by atoms with Crippen molar-refractivity contribution >= 4 is 18.3 Å². The van der Waals surface area contributed by atoms with E-state index in [0.717, 1.165) is 23.3 Å². The predicted molar refractivity (Wildman–Crippen MR) is 93.9 cm³/mol. The molecule has 0 radical (unpaired) electrons. The Kier molecular flexibility index (Phi) is 9.14. The molecule has 0 aliphatic carbocycles. The maximum atomic E-state index is 12.0. The molecule has 1 aromatic rings. The van der Waals surface area contributed by atoms with Crippen LogP contribution in [0.4, 0.5) is 0 Å². The Morgan fingerprint density at radius 3 is 2.45 bits per heavy atom. The van der Waals surface area contributed by atoms with E-state index in [9.17, 15) is 4.79 Å². The fraction of sp³-hybridized carbons (Fsp3) is 0.588. The van der Waals surface area contributed by atoms with E-state index in [1.807, 2.05) is 19.9 Å². The molecule has 4 nitrogen and oxygen atoms in total. The van der Waals surface area contributed by atoms with Gasteiger partial charge in [-0.1, -0.05) is 26.0 Å². The van der Waals surface area contributed by atoms with Crippen LogP contribution in [0.1, 0.15) is 51.2 Å². The summed E-state index contributed by atoms with van der Waals surface area (Å²) in [6.45, 7) is 10.5. The molecule has 0 saturated carbocycles. The summed E-state index contributed by atoms with van der Waals surface area (Å²) in [7, 11) is 0. The average Bonchev–Trinajstić information content (AvgIpc) is 2.37. The molecule has 0 aromatic heterocycles. The molecule has 0 aliphatic rings. The van der Waals surface area contributed by atoms with Gasteiger partial charge < -0.3 is 15.8 Å². The maximum Gasteiger partial charge on any atom is 0.260 e. The third-order valence-corrected chi connectivity index (χ3v) is 3.36. The summed E-state index contributed by atoms with van der Waals surface area (Å²) in [6.07, 6.45) is 0.248. The molecular formula is C17H29ClN2O2. The maximum absolute atomic E-state index is 12.0. The smallest absolute Gasteiger partial charge is 0.260 e. The van der Waals surface area contributed by atoms with Gasteiger partial charge in [-0.3, -0.25) is 4.79 Å². The molecule has 1 amide bonds. The Morgan fingerprint density at radius 1 is 1.27 bits per heavy atom. The van der Waals surface area contributed by atoms with Gasteiger partial charge in [0, 0.05) is 12.6 Å². The molecule has 0 spiro atoms. The number of rotatable bonds is 7. The van der Waals surface area contributed by atoms with Crippen molar-refractivity contribution in [3.63, 3.8) is 0 Å². The minimum absolute atomic E-state index is 0. The van der Waals surface area contributed by atoms with Gasteiger partial charge in [-0.05, 0) is 50.3 Å². The lowest BCUT2D eigenvalue weighted by atomic mass is 10.0. The first-order chi connectivity index (χ1) is 9.81. The molecule has 0 aliphatic heterocycles. The lowest BCUT2D eigenvalue weighted by Crippen LogP contribution is -2.38. The second kappa shape index (κ2) is 9.70. The van der Waals surface area contributed by atoms with Gasteiger partial charge in [-0.25, -0.2) is 0 Å². The minimum Gasteiger partial charge on any atom is -0.481 e. The zero-order chi connectivity index (χ0) is 16.0. The summed E-state index contributed by atoms with van der Waals surface area (Å²) in [5.41, 5.74) is 7.91. The lowest BCUT2D eigenvalue weighted by molar-refractivity contribution is -0.127. The van der Waals surface area contributed by atoms with Crippen molar-refractivity contribution in [3.8, 4) is 5.75 Å². The van der Waals surface area contributed by atoms with E-state index in [-0.39, 0.29) is 24.4 Å². The first-order valence-electron chi connectivity index (χ1n) is 7.61. The first kappa shape index (κ1) is 20.7. The molecule has 1 rings (SSSR count). The van der Waals surface area contributed by atoms with Crippen molar-refractivity contribution in [1.82, 2.24) is 5.32 Å². The molecule has 5 heteroatoms. The van der Waals surface area contributed by atoms with Gasteiger partial charge in [-0.2, -0.15) is 0 Å². The van der Waals surface area contributed by atoms with Crippen LogP contribution in [0.3, 0.4) is 0 Å². The summed E-state index contributed by atoms with van der Waals surface area (Å²) >= 11 is 0. The Labute approximate surface area is 140 Å². The van der Waals surface area contributed by atoms with E-state index in [1.54, 1.807) is 6.92 Å². The van der Waals surface area contributed by atoms with Gasteiger partial charge >= 0.3 is 0 Å². The SMILES string of the molecule is Cc1ccc(C(C)C)c(OC(C)C(=O)NCCC(C)N)c1.Cl. The number of halogens is 1. The highest BCUT2D eigenvalue weighted by Crippen LogP contribution is 2.28. The monoisotopic (exact) mass is 328 g/mol. The van der Waals surface area contributed by atoms with Crippen LogP contribution in [0, 0.1) is 6.92 Å². The van der Waals surface area contributed by atoms with E-state index in [4.69, 9.17) is 10.5 Å². The quantitative estimate of drug-likeness (QED) is 0.808. The number of aryl methyl sites for hydroxylation is 1. The summed E-state index contributed by atoms with van der Waals surface area (Å²) in [6, 6.07) is 6.21. The predicted octanol–water partition coefficient (Wildman–Crippen LogP) is 3.16. The minimum atomic E-state index is -0.516.